The first kappa shape index (κ1) is 29.8. The number of amides is 1. The second-order valence-electron chi connectivity index (χ2n) is 8.61. The Morgan fingerprint density at radius 2 is 2.03 bits per heavy atom. The molecule has 1 aromatic carbocycles. The van der Waals surface area contributed by atoms with Gasteiger partial charge in [-0.2, -0.15) is 0 Å². The molecule has 1 aliphatic carbocycles. The van der Waals surface area contributed by atoms with E-state index >= 15 is 0 Å². The van der Waals surface area contributed by atoms with Crippen LogP contribution in [0.3, 0.4) is 0 Å². The molecule has 1 fully saturated rings. The third-order valence-electron chi connectivity index (χ3n) is 5.87. The number of halogens is 2. The van der Waals surface area contributed by atoms with Crippen molar-refractivity contribution in [1.29, 1.82) is 0 Å². The fourth-order valence-corrected chi connectivity index (χ4v) is 4.95. The van der Waals surface area contributed by atoms with Crippen LogP contribution in [0, 0.1) is 5.92 Å². The SMILES string of the molecule is CCCC(=O)OCOC(=O)N(CCc1ccc(Cl)c(Cl)c1)C(O)CCC1CCCC(=CP(O)O)C1. The average Bonchev–Trinajstić information content (AvgIpc) is 2.80. The first-order valence-electron chi connectivity index (χ1n) is 11.8. The third kappa shape index (κ3) is 11.0. The minimum Gasteiger partial charge on any atom is -0.428 e. The normalized spacial score (nSPS) is 17.9. The number of hydrogen-bond donors (Lipinski definition) is 3. The molecule has 0 saturated heterocycles. The van der Waals surface area contributed by atoms with E-state index in [1.54, 1.807) is 18.2 Å². The molecule has 196 valence electrons. The summed E-state index contributed by atoms with van der Waals surface area (Å²) in [5, 5.41) is 11.7. The van der Waals surface area contributed by atoms with Gasteiger partial charge in [-0.3, -0.25) is 9.69 Å². The lowest BCUT2D eigenvalue weighted by Crippen LogP contribution is -2.42. The summed E-state index contributed by atoms with van der Waals surface area (Å²) in [5.74, 6) is 1.35. The lowest BCUT2D eigenvalue weighted by molar-refractivity contribution is -0.153. The maximum Gasteiger partial charge on any atom is 0.414 e. The summed E-state index contributed by atoms with van der Waals surface area (Å²) in [4.78, 5) is 44.0. The number of benzene rings is 1. The molecule has 1 aliphatic rings. The van der Waals surface area contributed by atoms with Gasteiger partial charge in [0.2, 0.25) is 6.79 Å². The average molecular weight is 550 g/mol. The summed E-state index contributed by atoms with van der Waals surface area (Å²) in [7, 11) is -2.06. The highest BCUT2D eigenvalue weighted by Crippen LogP contribution is 2.37. The number of rotatable bonds is 12. The van der Waals surface area contributed by atoms with Gasteiger partial charge in [0.05, 0.1) is 10.0 Å². The smallest absolute Gasteiger partial charge is 0.414 e. The molecule has 3 N–H and O–H groups in total. The second-order valence-corrected chi connectivity index (χ2v) is 10.3. The Morgan fingerprint density at radius 3 is 2.71 bits per heavy atom. The van der Waals surface area contributed by atoms with Gasteiger partial charge in [0.25, 0.3) is 0 Å². The monoisotopic (exact) mass is 549 g/mol. The zero-order valence-electron chi connectivity index (χ0n) is 19.9. The van der Waals surface area contributed by atoms with Crippen LogP contribution in [0.4, 0.5) is 4.79 Å². The molecule has 0 bridgehead atoms. The Hall–Kier alpha value is -1.41. The maximum atomic E-state index is 12.7. The molecule has 0 radical (unpaired) electrons. The highest BCUT2D eigenvalue weighted by Gasteiger charge is 2.26. The predicted octanol–water partition coefficient (Wildman–Crippen LogP) is 5.74. The number of aliphatic hydroxyl groups excluding tert-OH is 1. The molecular weight excluding hydrogens is 516 g/mol. The van der Waals surface area contributed by atoms with Gasteiger partial charge in [0, 0.05) is 13.0 Å². The number of esters is 1. The van der Waals surface area contributed by atoms with E-state index in [-0.39, 0.29) is 18.9 Å². The summed E-state index contributed by atoms with van der Waals surface area (Å²) in [5.41, 5.74) is 1.86. The van der Waals surface area contributed by atoms with E-state index in [0.717, 1.165) is 36.8 Å². The number of carbonyl (C=O) groups excluding carboxylic acids is 2. The molecule has 35 heavy (non-hydrogen) atoms. The molecule has 1 saturated carbocycles. The fourth-order valence-electron chi connectivity index (χ4n) is 4.07. The Bertz CT molecular complexity index is 868. The molecule has 2 atom stereocenters. The van der Waals surface area contributed by atoms with Gasteiger partial charge in [-0.15, -0.1) is 0 Å². The Labute approximate surface area is 217 Å². The minimum atomic E-state index is -2.06. The van der Waals surface area contributed by atoms with Gasteiger partial charge in [-0.05, 0) is 80.8 Å². The Balaban J connectivity index is 1.98. The van der Waals surface area contributed by atoms with Crippen LogP contribution in [0.2, 0.25) is 10.0 Å². The highest BCUT2D eigenvalue weighted by atomic mass is 35.5. The highest BCUT2D eigenvalue weighted by molar-refractivity contribution is 7.48. The summed E-state index contributed by atoms with van der Waals surface area (Å²) < 4.78 is 10.0. The van der Waals surface area contributed by atoms with Crippen molar-refractivity contribution < 1.29 is 34.0 Å². The first-order valence-corrected chi connectivity index (χ1v) is 13.8. The van der Waals surface area contributed by atoms with Crippen molar-refractivity contribution in [2.24, 2.45) is 5.92 Å². The molecule has 0 spiro atoms. The number of nitrogens with zero attached hydrogens (tertiary/aromatic N) is 1. The summed E-state index contributed by atoms with van der Waals surface area (Å²) in [6.45, 7) is 1.48. The zero-order chi connectivity index (χ0) is 25.8. The van der Waals surface area contributed by atoms with Crippen LogP contribution < -0.4 is 0 Å². The van der Waals surface area contributed by atoms with Crippen LogP contribution >= 0.6 is 31.6 Å². The van der Waals surface area contributed by atoms with Crippen molar-refractivity contribution in [2.45, 2.75) is 70.9 Å². The van der Waals surface area contributed by atoms with E-state index in [1.165, 1.54) is 10.7 Å². The van der Waals surface area contributed by atoms with Crippen LogP contribution in [0.25, 0.3) is 0 Å². The lowest BCUT2D eigenvalue weighted by Gasteiger charge is -2.30. The van der Waals surface area contributed by atoms with E-state index in [0.29, 0.717) is 35.7 Å². The van der Waals surface area contributed by atoms with E-state index in [2.05, 4.69) is 0 Å². The van der Waals surface area contributed by atoms with Crippen molar-refractivity contribution >= 4 is 43.6 Å². The maximum absolute atomic E-state index is 12.7. The van der Waals surface area contributed by atoms with Crippen LogP contribution in [-0.4, -0.2) is 51.4 Å². The summed E-state index contributed by atoms with van der Waals surface area (Å²) in [6.07, 6.45) is 3.88. The minimum absolute atomic E-state index is 0.163. The molecule has 8 nitrogen and oxygen atoms in total. The Morgan fingerprint density at radius 1 is 1.26 bits per heavy atom. The van der Waals surface area contributed by atoms with Crippen molar-refractivity contribution in [3.63, 3.8) is 0 Å². The molecule has 1 amide bonds. The molecule has 0 aromatic heterocycles. The number of aliphatic hydroxyl groups is 1. The van der Waals surface area contributed by atoms with Gasteiger partial charge >= 0.3 is 12.1 Å². The molecule has 2 unspecified atom stereocenters. The fraction of sp³-hybridized carbons (Fsp3) is 0.583. The van der Waals surface area contributed by atoms with Crippen molar-refractivity contribution in [3.8, 4) is 0 Å². The largest absolute Gasteiger partial charge is 0.428 e. The number of carbonyl (C=O) groups is 2. The van der Waals surface area contributed by atoms with Crippen molar-refractivity contribution in [3.05, 3.63) is 45.2 Å². The van der Waals surface area contributed by atoms with Crippen LogP contribution in [0.15, 0.2) is 29.6 Å². The van der Waals surface area contributed by atoms with E-state index in [1.807, 2.05) is 6.92 Å². The van der Waals surface area contributed by atoms with E-state index < -0.39 is 33.5 Å². The van der Waals surface area contributed by atoms with E-state index in [9.17, 15) is 24.5 Å². The topological polar surface area (TPSA) is 117 Å². The van der Waals surface area contributed by atoms with Gasteiger partial charge in [-0.25, -0.2) is 4.79 Å². The lowest BCUT2D eigenvalue weighted by atomic mass is 9.83. The standard InChI is InChI=1S/C24H34Cl2NO7P/c1-2-4-23(29)33-16-34-24(30)27(12-11-18-7-9-20(25)21(26)14-18)22(28)10-8-17-5-3-6-19(13-17)15-35(31)32/h7,9,14-15,17,22,28,31-32H,2-6,8,10-13,16H2,1H3. The molecule has 2 rings (SSSR count). The molecular formula is C24H34Cl2NO7P. The predicted molar refractivity (Wildman–Crippen MR) is 136 cm³/mol. The number of hydrogen-bond acceptors (Lipinski definition) is 7. The number of ether oxygens (including phenoxy) is 2. The molecule has 1 aromatic rings. The molecule has 0 heterocycles. The van der Waals surface area contributed by atoms with Gasteiger partial charge in [0.15, 0.2) is 8.38 Å². The van der Waals surface area contributed by atoms with Gasteiger partial charge in [0.1, 0.15) is 6.23 Å². The van der Waals surface area contributed by atoms with E-state index in [4.69, 9.17) is 32.7 Å². The summed E-state index contributed by atoms with van der Waals surface area (Å²) in [6, 6.07) is 5.17. The second kappa shape index (κ2) is 15.6. The zero-order valence-corrected chi connectivity index (χ0v) is 22.3. The van der Waals surface area contributed by atoms with Crippen LogP contribution in [-0.2, 0) is 20.7 Å². The van der Waals surface area contributed by atoms with Gasteiger partial charge in [-0.1, -0.05) is 41.8 Å². The van der Waals surface area contributed by atoms with Crippen molar-refractivity contribution in [1.82, 2.24) is 4.90 Å². The molecule has 11 heteroatoms. The Kier molecular flexibility index (Phi) is 13.3. The van der Waals surface area contributed by atoms with Crippen molar-refractivity contribution in [2.75, 3.05) is 13.3 Å². The van der Waals surface area contributed by atoms with Crippen LogP contribution in [0.5, 0.6) is 0 Å². The molecule has 0 aliphatic heterocycles. The quantitative estimate of drug-likeness (QED) is 0.173. The third-order valence-corrected chi connectivity index (χ3v) is 7.20. The number of allylic oxidation sites excluding steroid dienone is 1. The first-order chi connectivity index (χ1) is 16.7. The summed E-state index contributed by atoms with van der Waals surface area (Å²) >= 11 is 12.1. The van der Waals surface area contributed by atoms with Crippen LogP contribution in [0.1, 0.15) is 63.9 Å². The van der Waals surface area contributed by atoms with Gasteiger partial charge < -0.3 is 24.4 Å².